The van der Waals surface area contributed by atoms with Crippen LogP contribution in [-0.4, -0.2) is 31.2 Å². The van der Waals surface area contributed by atoms with E-state index in [9.17, 15) is 9.18 Å². The molecular weight excluding hydrogens is 379 g/mol. The summed E-state index contributed by atoms with van der Waals surface area (Å²) in [5.41, 5.74) is 9.16. The molecule has 0 spiro atoms. The summed E-state index contributed by atoms with van der Waals surface area (Å²) < 4.78 is 15.6. The van der Waals surface area contributed by atoms with E-state index in [2.05, 4.69) is 20.4 Å². The molecule has 0 fully saturated rings. The Labute approximate surface area is 165 Å². The van der Waals surface area contributed by atoms with Crippen molar-refractivity contribution in [1.29, 1.82) is 0 Å². The molecule has 0 radical (unpaired) electrons. The molecule has 3 N–H and O–H groups in total. The number of halogens is 1. The van der Waals surface area contributed by atoms with Crippen molar-refractivity contribution in [2.45, 2.75) is 44.0 Å². The normalized spacial score (nSPS) is 16.2. The van der Waals surface area contributed by atoms with Crippen molar-refractivity contribution in [3.8, 4) is 0 Å². The van der Waals surface area contributed by atoms with E-state index in [0.717, 1.165) is 34.7 Å². The SMILES string of the molecule is Cc1nc2nc(N)nn2c(C)c1CCC(=O)N[C@@H]1CCSc2c(F)cccc21. The Bertz CT molecular complexity index is 1070. The Kier molecular flexibility index (Phi) is 4.92. The van der Waals surface area contributed by atoms with E-state index in [-0.39, 0.29) is 23.7 Å². The van der Waals surface area contributed by atoms with Crippen molar-refractivity contribution in [2.24, 2.45) is 0 Å². The Morgan fingerprint density at radius 1 is 1.39 bits per heavy atom. The minimum absolute atomic E-state index is 0.0656. The van der Waals surface area contributed by atoms with E-state index in [4.69, 9.17) is 5.73 Å². The van der Waals surface area contributed by atoms with Crippen LogP contribution in [-0.2, 0) is 11.2 Å². The first-order valence-electron chi connectivity index (χ1n) is 9.13. The maximum atomic E-state index is 14.0. The Morgan fingerprint density at radius 3 is 3.04 bits per heavy atom. The highest BCUT2D eigenvalue weighted by atomic mass is 32.2. The lowest BCUT2D eigenvalue weighted by Gasteiger charge is -2.26. The second-order valence-corrected chi connectivity index (χ2v) is 7.96. The van der Waals surface area contributed by atoms with Gasteiger partial charge in [-0.05, 0) is 43.9 Å². The summed E-state index contributed by atoms with van der Waals surface area (Å²) in [6.07, 6.45) is 1.63. The number of fused-ring (bicyclic) bond motifs is 2. The standard InChI is InChI=1S/C19H21FN6OS/c1-10-12(11(2)26-19(22-10)24-18(21)25-26)6-7-16(27)23-15-8-9-28-17-13(15)4-3-5-14(17)20/h3-5,15H,6-9H2,1-2H3,(H2,21,25)(H,23,27)/t15-/m1/s1. The van der Waals surface area contributed by atoms with Gasteiger partial charge in [0.25, 0.3) is 5.78 Å². The van der Waals surface area contributed by atoms with Gasteiger partial charge in [-0.2, -0.15) is 9.50 Å². The summed E-state index contributed by atoms with van der Waals surface area (Å²) in [5, 5.41) is 7.21. The van der Waals surface area contributed by atoms with Crippen LogP contribution in [0.15, 0.2) is 23.1 Å². The number of thioether (sulfide) groups is 1. The molecule has 0 aliphatic carbocycles. The summed E-state index contributed by atoms with van der Waals surface area (Å²) in [4.78, 5) is 21.7. The Balaban J connectivity index is 1.48. The molecule has 28 heavy (non-hydrogen) atoms. The molecule has 7 nitrogen and oxygen atoms in total. The van der Waals surface area contributed by atoms with Crippen LogP contribution < -0.4 is 11.1 Å². The van der Waals surface area contributed by atoms with Gasteiger partial charge in [-0.25, -0.2) is 9.37 Å². The molecule has 4 rings (SSSR count). The number of benzene rings is 1. The van der Waals surface area contributed by atoms with Gasteiger partial charge >= 0.3 is 0 Å². The molecule has 1 atom stereocenters. The van der Waals surface area contributed by atoms with Gasteiger partial charge in [-0.1, -0.05) is 12.1 Å². The molecule has 1 amide bonds. The molecule has 146 valence electrons. The molecule has 1 aliphatic heterocycles. The third-order valence-electron chi connectivity index (χ3n) is 5.03. The fourth-order valence-electron chi connectivity index (χ4n) is 3.63. The minimum Gasteiger partial charge on any atom is -0.366 e. The summed E-state index contributed by atoms with van der Waals surface area (Å²) in [7, 11) is 0. The highest BCUT2D eigenvalue weighted by Crippen LogP contribution is 2.37. The monoisotopic (exact) mass is 400 g/mol. The van der Waals surface area contributed by atoms with Gasteiger partial charge in [0.05, 0.1) is 6.04 Å². The van der Waals surface area contributed by atoms with Crippen LogP contribution in [0.2, 0.25) is 0 Å². The highest BCUT2D eigenvalue weighted by Gasteiger charge is 2.24. The molecular formula is C19H21FN6OS. The number of hydrogen-bond donors (Lipinski definition) is 2. The van der Waals surface area contributed by atoms with Crippen LogP contribution in [0, 0.1) is 19.7 Å². The molecule has 1 aromatic carbocycles. The number of aryl methyl sites for hydroxylation is 2. The van der Waals surface area contributed by atoms with E-state index >= 15 is 0 Å². The van der Waals surface area contributed by atoms with Crippen molar-refractivity contribution in [1.82, 2.24) is 24.9 Å². The first-order valence-corrected chi connectivity index (χ1v) is 10.1. The van der Waals surface area contributed by atoms with Crippen molar-refractivity contribution >= 4 is 29.4 Å². The quantitative estimate of drug-likeness (QED) is 0.699. The third kappa shape index (κ3) is 3.42. The van der Waals surface area contributed by atoms with Gasteiger partial charge in [-0.15, -0.1) is 16.9 Å². The minimum atomic E-state index is -0.223. The van der Waals surface area contributed by atoms with Gasteiger partial charge in [0, 0.05) is 28.5 Å². The molecule has 9 heteroatoms. The lowest BCUT2D eigenvalue weighted by atomic mass is 10.0. The predicted molar refractivity (Wildman–Crippen MR) is 106 cm³/mol. The van der Waals surface area contributed by atoms with Crippen LogP contribution in [0.4, 0.5) is 10.3 Å². The van der Waals surface area contributed by atoms with Crippen LogP contribution >= 0.6 is 11.8 Å². The summed E-state index contributed by atoms with van der Waals surface area (Å²) >= 11 is 1.50. The Morgan fingerprint density at radius 2 is 2.21 bits per heavy atom. The van der Waals surface area contributed by atoms with Crippen LogP contribution in [0.3, 0.4) is 0 Å². The number of aromatic nitrogens is 4. The van der Waals surface area contributed by atoms with Gasteiger partial charge in [0.15, 0.2) is 0 Å². The molecule has 0 saturated heterocycles. The number of carbonyl (C=O) groups excluding carboxylic acids is 1. The van der Waals surface area contributed by atoms with Crippen molar-refractivity contribution in [3.05, 3.63) is 46.5 Å². The number of nitrogens with one attached hydrogen (secondary N) is 1. The lowest BCUT2D eigenvalue weighted by molar-refractivity contribution is -0.121. The fourth-order valence-corrected chi connectivity index (χ4v) is 4.77. The maximum absolute atomic E-state index is 14.0. The largest absolute Gasteiger partial charge is 0.366 e. The lowest BCUT2D eigenvalue weighted by Crippen LogP contribution is -2.31. The second-order valence-electron chi connectivity index (χ2n) is 6.86. The van der Waals surface area contributed by atoms with E-state index < -0.39 is 0 Å². The van der Waals surface area contributed by atoms with E-state index in [1.807, 2.05) is 19.9 Å². The molecule has 1 aliphatic rings. The van der Waals surface area contributed by atoms with Gasteiger partial charge in [0.1, 0.15) is 5.82 Å². The van der Waals surface area contributed by atoms with Crippen molar-refractivity contribution in [2.75, 3.05) is 11.5 Å². The number of rotatable bonds is 4. The Hall–Kier alpha value is -2.68. The molecule has 0 bridgehead atoms. The van der Waals surface area contributed by atoms with Crippen molar-refractivity contribution < 1.29 is 9.18 Å². The van der Waals surface area contributed by atoms with E-state index in [0.29, 0.717) is 23.5 Å². The first-order chi connectivity index (χ1) is 13.4. The zero-order valence-electron chi connectivity index (χ0n) is 15.7. The third-order valence-corrected chi connectivity index (χ3v) is 6.19. The number of nitrogens with zero attached hydrogens (tertiary/aromatic N) is 4. The average molecular weight is 400 g/mol. The molecule has 0 unspecified atom stereocenters. The number of carbonyl (C=O) groups is 1. The number of amides is 1. The number of nitrogen functional groups attached to an aromatic ring is 1. The average Bonchev–Trinajstić information content (AvgIpc) is 3.03. The molecule has 0 saturated carbocycles. The zero-order valence-corrected chi connectivity index (χ0v) is 16.5. The summed E-state index contributed by atoms with van der Waals surface area (Å²) in [5.74, 6) is 1.12. The number of anilines is 1. The summed E-state index contributed by atoms with van der Waals surface area (Å²) in [6, 6.07) is 4.88. The molecule has 3 aromatic rings. The molecule has 3 heterocycles. The highest BCUT2D eigenvalue weighted by molar-refractivity contribution is 7.99. The van der Waals surface area contributed by atoms with Crippen LogP contribution in [0.1, 0.15) is 41.4 Å². The topological polar surface area (TPSA) is 98.2 Å². The van der Waals surface area contributed by atoms with E-state index in [1.165, 1.54) is 17.8 Å². The molecule has 2 aromatic heterocycles. The van der Waals surface area contributed by atoms with Gasteiger partial charge < -0.3 is 11.1 Å². The van der Waals surface area contributed by atoms with E-state index in [1.54, 1.807) is 10.6 Å². The van der Waals surface area contributed by atoms with Gasteiger partial charge in [0.2, 0.25) is 11.9 Å². The predicted octanol–water partition coefficient (Wildman–Crippen LogP) is 2.75. The van der Waals surface area contributed by atoms with Crippen LogP contribution in [0.5, 0.6) is 0 Å². The number of nitrogens with two attached hydrogens (primary N) is 1. The second kappa shape index (κ2) is 7.38. The van der Waals surface area contributed by atoms with Crippen molar-refractivity contribution in [3.63, 3.8) is 0 Å². The van der Waals surface area contributed by atoms with Crippen LogP contribution in [0.25, 0.3) is 5.78 Å². The van der Waals surface area contributed by atoms with Gasteiger partial charge in [-0.3, -0.25) is 4.79 Å². The summed E-state index contributed by atoms with van der Waals surface area (Å²) in [6.45, 7) is 3.81. The smallest absolute Gasteiger partial charge is 0.254 e. The number of hydrogen-bond acceptors (Lipinski definition) is 6. The fraction of sp³-hybridized carbons (Fsp3) is 0.368. The first kappa shape index (κ1) is 18.7. The maximum Gasteiger partial charge on any atom is 0.254 e. The zero-order chi connectivity index (χ0) is 19.8.